The van der Waals surface area contributed by atoms with Crippen molar-refractivity contribution in [3.05, 3.63) is 101 Å². The zero-order valence-electron chi connectivity index (χ0n) is 18.1. The number of carbonyl (C=O) groups is 1. The van der Waals surface area contributed by atoms with Crippen molar-refractivity contribution < 1.29 is 9.18 Å². The molecule has 3 N–H and O–H groups in total. The van der Waals surface area contributed by atoms with Gasteiger partial charge >= 0.3 is 0 Å². The molecule has 0 atom stereocenters. The van der Waals surface area contributed by atoms with Gasteiger partial charge < -0.3 is 10.3 Å². The zero-order chi connectivity index (χ0) is 22.5. The van der Waals surface area contributed by atoms with Crippen molar-refractivity contribution in [3.8, 4) is 0 Å². The number of anilines is 1. The molecule has 0 spiro atoms. The van der Waals surface area contributed by atoms with Gasteiger partial charge in [0.25, 0.3) is 5.91 Å². The minimum Gasteiger partial charge on any atom is -0.361 e. The number of halogens is 1. The highest BCUT2D eigenvalue weighted by atomic mass is 19.1. The molecule has 6 heteroatoms. The fourth-order valence-electron chi connectivity index (χ4n) is 3.56. The minimum atomic E-state index is -0.574. The quantitative estimate of drug-likeness (QED) is 0.296. The molecule has 0 unspecified atom stereocenters. The number of aromatic nitrogens is 1. The molecule has 32 heavy (non-hydrogen) atoms. The Morgan fingerprint density at radius 1 is 1.03 bits per heavy atom. The molecule has 0 aliphatic carbocycles. The smallest absolute Gasteiger partial charge is 0.260 e. The summed E-state index contributed by atoms with van der Waals surface area (Å²) in [6, 6.07) is 20.0. The van der Waals surface area contributed by atoms with Crippen molar-refractivity contribution in [1.29, 1.82) is 0 Å². The Labute approximate surface area is 186 Å². The fourth-order valence-corrected chi connectivity index (χ4v) is 3.56. The van der Waals surface area contributed by atoms with Crippen molar-refractivity contribution in [2.75, 3.05) is 11.9 Å². The van der Waals surface area contributed by atoms with E-state index < -0.39 is 11.7 Å². The number of nitrogens with one attached hydrogen (secondary N) is 3. The predicted molar refractivity (Wildman–Crippen MR) is 128 cm³/mol. The first-order valence-corrected chi connectivity index (χ1v) is 10.5. The minimum absolute atomic E-state index is 0.0282. The summed E-state index contributed by atoms with van der Waals surface area (Å²) < 4.78 is 14.1. The van der Waals surface area contributed by atoms with E-state index in [0.29, 0.717) is 13.0 Å². The van der Waals surface area contributed by atoms with E-state index in [1.165, 1.54) is 12.1 Å². The molecule has 1 aromatic heterocycles. The lowest BCUT2D eigenvalue weighted by molar-refractivity contribution is 0.0973. The molecule has 0 saturated heterocycles. The molecule has 4 rings (SSSR count). The van der Waals surface area contributed by atoms with E-state index in [4.69, 9.17) is 0 Å². The first-order valence-electron chi connectivity index (χ1n) is 10.5. The van der Waals surface area contributed by atoms with Crippen LogP contribution in [0.25, 0.3) is 10.9 Å². The van der Waals surface area contributed by atoms with E-state index in [0.717, 1.165) is 33.3 Å². The molecule has 4 aromatic rings. The van der Waals surface area contributed by atoms with Crippen molar-refractivity contribution in [2.24, 2.45) is 4.99 Å². The number of rotatable bonds is 5. The van der Waals surface area contributed by atoms with E-state index in [2.05, 4.69) is 26.7 Å². The highest BCUT2D eigenvalue weighted by Crippen LogP contribution is 2.19. The predicted octanol–water partition coefficient (Wildman–Crippen LogP) is 5.36. The van der Waals surface area contributed by atoms with Gasteiger partial charge in [0.15, 0.2) is 0 Å². The highest BCUT2D eigenvalue weighted by molar-refractivity contribution is 6.10. The van der Waals surface area contributed by atoms with E-state index in [1.54, 1.807) is 12.1 Å². The normalized spacial score (nSPS) is 11.5. The molecule has 1 heterocycles. The maximum atomic E-state index is 14.1. The average Bonchev–Trinajstić information content (AvgIpc) is 3.19. The number of aryl methyl sites for hydroxylation is 2. The molecule has 0 aliphatic rings. The molecular formula is C26H25FN4O. The van der Waals surface area contributed by atoms with Crippen molar-refractivity contribution in [3.63, 3.8) is 0 Å². The standard InChI is InChI=1S/C26H25FN4O/c1-17-11-12-18(2)24(15-17)30-26(31-25(32)21-8-3-5-9-22(21)27)28-14-13-19-16-29-23-10-6-4-7-20(19)23/h3-12,15-16,29H,13-14H2,1-2H3,(H2,28,30,31,32). The van der Waals surface area contributed by atoms with Gasteiger partial charge in [-0.2, -0.15) is 0 Å². The summed E-state index contributed by atoms with van der Waals surface area (Å²) in [5.74, 6) is -0.839. The number of amides is 1. The summed E-state index contributed by atoms with van der Waals surface area (Å²) in [7, 11) is 0. The van der Waals surface area contributed by atoms with Crippen LogP contribution >= 0.6 is 0 Å². The van der Waals surface area contributed by atoms with Crippen LogP contribution in [-0.4, -0.2) is 23.4 Å². The highest BCUT2D eigenvalue weighted by Gasteiger charge is 2.14. The third-order valence-electron chi connectivity index (χ3n) is 5.32. The molecule has 162 valence electrons. The Morgan fingerprint density at radius 2 is 1.81 bits per heavy atom. The van der Waals surface area contributed by atoms with Crippen molar-refractivity contribution in [1.82, 2.24) is 10.3 Å². The molecule has 1 amide bonds. The number of H-pyrrole nitrogens is 1. The van der Waals surface area contributed by atoms with Gasteiger partial charge in [-0.15, -0.1) is 0 Å². The van der Waals surface area contributed by atoms with Gasteiger partial charge in [-0.25, -0.2) is 4.39 Å². The van der Waals surface area contributed by atoms with Crippen LogP contribution in [0.4, 0.5) is 10.1 Å². The van der Waals surface area contributed by atoms with E-state index in [1.807, 2.05) is 56.4 Å². The zero-order valence-corrected chi connectivity index (χ0v) is 18.1. The van der Waals surface area contributed by atoms with Crippen molar-refractivity contribution in [2.45, 2.75) is 20.3 Å². The summed E-state index contributed by atoms with van der Waals surface area (Å²) >= 11 is 0. The van der Waals surface area contributed by atoms with Crippen LogP contribution in [0.3, 0.4) is 0 Å². The number of guanidine groups is 1. The van der Waals surface area contributed by atoms with Gasteiger partial charge in [0.1, 0.15) is 5.82 Å². The number of hydrogen-bond acceptors (Lipinski definition) is 2. The van der Waals surface area contributed by atoms with Gasteiger partial charge in [0.2, 0.25) is 5.96 Å². The van der Waals surface area contributed by atoms with E-state index >= 15 is 0 Å². The van der Waals surface area contributed by atoms with Crippen LogP contribution in [0, 0.1) is 19.7 Å². The first-order chi connectivity index (χ1) is 15.5. The Hall–Kier alpha value is -3.93. The maximum Gasteiger partial charge on any atom is 0.260 e. The number of carbonyl (C=O) groups excluding carboxylic acids is 1. The molecule has 0 saturated carbocycles. The second kappa shape index (κ2) is 9.47. The SMILES string of the molecule is Cc1ccc(C)c(NC(=NCCc2c[nH]c3ccccc23)NC(=O)c2ccccc2F)c1. The Balaban J connectivity index is 1.56. The van der Waals surface area contributed by atoms with Crippen LogP contribution in [0.1, 0.15) is 27.0 Å². The lowest BCUT2D eigenvalue weighted by Crippen LogP contribution is -2.37. The molecular weight excluding hydrogens is 403 g/mol. The number of benzene rings is 3. The third-order valence-corrected chi connectivity index (χ3v) is 5.32. The summed E-state index contributed by atoms with van der Waals surface area (Å²) in [4.78, 5) is 20.6. The maximum absolute atomic E-state index is 14.1. The number of hydrogen-bond donors (Lipinski definition) is 3. The summed E-state index contributed by atoms with van der Waals surface area (Å²) in [6.07, 6.45) is 2.67. The monoisotopic (exact) mass is 428 g/mol. The molecule has 0 fully saturated rings. The first kappa shape index (κ1) is 21.3. The lowest BCUT2D eigenvalue weighted by Gasteiger charge is -2.14. The van der Waals surface area contributed by atoms with Gasteiger partial charge in [0.05, 0.1) is 5.56 Å². The number of fused-ring (bicyclic) bond motifs is 1. The Bertz CT molecular complexity index is 1290. The van der Waals surface area contributed by atoms with Gasteiger partial charge in [-0.3, -0.25) is 15.1 Å². The van der Waals surface area contributed by atoms with E-state index in [9.17, 15) is 9.18 Å². The largest absolute Gasteiger partial charge is 0.361 e. The molecule has 5 nitrogen and oxygen atoms in total. The Kier molecular flexibility index (Phi) is 6.31. The molecule has 0 bridgehead atoms. The number of nitrogens with zero attached hydrogens (tertiary/aromatic N) is 1. The second-order valence-electron chi connectivity index (χ2n) is 7.72. The van der Waals surface area contributed by atoms with Crippen LogP contribution in [0.2, 0.25) is 0 Å². The molecule has 0 radical (unpaired) electrons. The van der Waals surface area contributed by atoms with Crippen LogP contribution < -0.4 is 10.6 Å². The number of aliphatic imine (C=N–C) groups is 1. The lowest BCUT2D eigenvalue weighted by atomic mass is 10.1. The third kappa shape index (κ3) is 4.86. The van der Waals surface area contributed by atoms with Crippen LogP contribution in [0.5, 0.6) is 0 Å². The topological polar surface area (TPSA) is 69.3 Å². The number of aromatic amines is 1. The average molecular weight is 429 g/mol. The summed E-state index contributed by atoms with van der Waals surface area (Å²) in [5, 5.41) is 7.11. The number of para-hydroxylation sites is 1. The fraction of sp³-hybridized carbons (Fsp3) is 0.154. The van der Waals surface area contributed by atoms with Gasteiger partial charge in [0, 0.05) is 29.3 Å². The molecule has 0 aliphatic heterocycles. The van der Waals surface area contributed by atoms with E-state index in [-0.39, 0.29) is 11.5 Å². The second-order valence-corrected chi connectivity index (χ2v) is 7.72. The Morgan fingerprint density at radius 3 is 2.66 bits per heavy atom. The summed E-state index contributed by atoms with van der Waals surface area (Å²) in [5.41, 5.74) is 5.13. The van der Waals surface area contributed by atoms with Crippen LogP contribution in [-0.2, 0) is 6.42 Å². The van der Waals surface area contributed by atoms with Crippen molar-refractivity contribution >= 4 is 28.5 Å². The molecule has 3 aromatic carbocycles. The van der Waals surface area contributed by atoms with Gasteiger partial charge in [-0.05, 0) is 61.2 Å². The van der Waals surface area contributed by atoms with Gasteiger partial charge in [-0.1, -0.05) is 42.5 Å². The van der Waals surface area contributed by atoms with Crippen LogP contribution in [0.15, 0.2) is 77.9 Å². The summed E-state index contributed by atoms with van der Waals surface area (Å²) in [6.45, 7) is 4.42.